The average Bonchev–Trinajstić information content (AvgIpc) is 3.10. The van der Waals surface area contributed by atoms with Crippen molar-refractivity contribution in [2.75, 3.05) is 13.1 Å². The summed E-state index contributed by atoms with van der Waals surface area (Å²) in [5, 5.41) is 12.7. The normalized spacial score (nSPS) is 13.6. The molecule has 0 aromatic heterocycles. The first kappa shape index (κ1) is 18.7. The maximum atomic E-state index is 12.8. The van der Waals surface area contributed by atoms with Crippen molar-refractivity contribution in [1.82, 2.24) is 4.90 Å². The molecule has 2 aromatic carbocycles. The summed E-state index contributed by atoms with van der Waals surface area (Å²) in [5.74, 6) is 0.131. The largest absolute Gasteiger partial charge is 0.285 e. The highest BCUT2D eigenvalue weighted by Gasteiger charge is 2.29. The highest BCUT2D eigenvalue weighted by molar-refractivity contribution is 8.13. The zero-order valence-corrected chi connectivity index (χ0v) is 15.7. The Morgan fingerprint density at radius 1 is 1.23 bits per heavy atom. The molecule has 0 radical (unpaired) electrons. The molecular weight excluding hydrogens is 397 g/mol. The Hall–Kier alpha value is -2.09. The Bertz CT molecular complexity index is 905. The third kappa shape index (κ3) is 4.00. The summed E-state index contributed by atoms with van der Waals surface area (Å²) < 4.78 is 0. The predicted molar refractivity (Wildman–Crippen MR) is 104 cm³/mol. The summed E-state index contributed by atoms with van der Waals surface area (Å²) in [4.78, 5) is 29.2. The molecule has 26 heavy (non-hydrogen) atoms. The van der Waals surface area contributed by atoms with Gasteiger partial charge in [-0.05, 0) is 23.8 Å². The van der Waals surface area contributed by atoms with Crippen LogP contribution in [0.1, 0.15) is 15.9 Å². The Labute approximate surface area is 164 Å². The minimum atomic E-state index is -0.553. The second-order valence-corrected chi connectivity index (χ2v) is 7.19. The standard InChI is InChI=1S/C17H13Cl2N3O3S/c18-13-6-5-11(9-14(13)19)10-26-17-20-7-8-21(17)16(23)12-3-1-2-4-15(12)22(24)25/h1-6,9H,7-8,10H2. The molecule has 1 aliphatic heterocycles. The molecule has 1 heterocycles. The molecule has 1 aliphatic rings. The molecule has 0 spiro atoms. The van der Waals surface area contributed by atoms with Crippen LogP contribution < -0.4 is 0 Å². The number of rotatable bonds is 4. The Morgan fingerprint density at radius 2 is 2.00 bits per heavy atom. The van der Waals surface area contributed by atoms with Gasteiger partial charge in [0, 0.05) is 18.4 Å². The Kier molecular flexibility index (Phi) is 5.80. The molecule has 0 N–H and O–H groups in total. The molecule has 9 heteroatoms. The van der Waals surface area contributed by atoms with Gasteiger partial charge in [-0.25, -0.2) is 0 Å². The van der Waals surface area contributed by atoms with Crippen molar-refractivity contribution < 1.29 is 9.72 Å². The van der Waals surface area contributed by atoms with E-state index in [1.165, 1.54) is 34.9 Å². The van der Waals surface area contributed by atoms with Crippen LogP contribution in [0.2, 0.25) is 10.0 Å². The van der Waals surface area contributed by atoms with Crippen LogP contribution in [0.15, 0.2) is 47.5 Å². The van der Waals surface area contributed by atoms with Crippen LogP contribution in [-0.2, 0) is 5.75 Å². The van der Waals surface area contributed by atoms with Gasteiger partial charge in [0.15, 0.2) is 5.17 Å². The molecule has 0 fully saturated rings. The maximum Gasteiger partial charge on any atom is 0.282 e. The third-order valence-corrected chi connectivity index (χ3v) is 5.55. The van der Waals surface area contributed by atoms with E-state index in [0.717, 1.165) is 5.56 Å². The third-order valence-electron chi connectivity index (χ3n) is 3.73. The van der Waals surface area contributed by atoms with E-state index in [9.17, 15) is 14.9 Å². The van der Waals surface area contributed by atoms with E-state index in [4.69, 9.17) is 23.2 Å². The van der Waals surface area contributed by atoms with Gasteiger partial charge in [0.1, 0.15) is 5.56 Å². The van der Waals surface area contributed by atoms with Crippen molar-refractivity contribution in [2.45, 2.75) is 5.75 Å². The van der Waals surface area contributed by atoms with E-state index in [1.54, 1.807) is 18.2 Å². The zero-order chi connectivity index (χ0) is 18.7. The highest BCUT2D eigenvalue weighted by Crippen LogP contribution is 2.28. The zero-order valence-electron chi connectivity index (χ0n) is 13.4. The van der Waals surface area contributed by atoms with Gasteiger partial charge in [0.05, 0.1) is 21.5 Å². The van der Waals surface area contributed by atoms with Gasteiger partial charge in [-0.1, -0.05) is 53.2 Å². The fraction of sp³-hybridized carbons (Fsp3) is 0.176. The molecule has 6 nitrogen and oxygen atoms in total. The van der Waals surface area contributed by atoms with Gasteiger partial charge in [-0.3, -0.25) is 24.8 Å². The number of carbonyl (C=O) groups excluding carboxylic acids is 1. The van der Waals surface area contributed by atoms with Gasteiger partial charge in [0.2, 0.25) is 0 Å². The highest BCUT2D eigenvalue weighted by atomic mass is 35.5. The quantitative estimate of drug-likeness (QED) is 0.543. The Morgan fingerprint density at radius 3 is 2.73 bits per heavy atom. The second-order valence-electron chi connectivity index (χ2n) is 5.43. The minimum absolute atomic E-state index is 0.0576. The number of amides is 1. The van der Waals surface area contributed by atoms with Crippen molar-refractivity contribution >= 4 is 51.7 Å². The predicted octanol–water partition coefficient (Wildman–Crippen LogP) is 4.65. The first-order valence-electron chi connectivity index (χ1n) is 7.64. The van der Waals surface area contributed by atoms with Crippen molar-refractivity contribution in [2.24, 2.45) is 4.99 Å². The van der Waals surface area contributed by atoms with Gasteiger partial charge < -0.3 is 0 Å². The van der Waals surface area contributed by atoms with E-state index >= 15 is 0 Å². The van der Waals surface area contributed by atoms with Gasteiger partial charge >= 0.3 is 0 Å². The number of hydrogen-bond acceptors (Lipinski definition) is 5. The van der Waals surface area contributed by atoms with E-state index < -0.39 is 10.8 Å². The fourth-order valence-electron chi connectivity index (χ4n) is 2.48. The summed E-state index contributed by atoms with van der Waals surface area (Å²) in [6, 6.07) is 11.3. The Balaban J connectivity index is 1.75. The topological polar surface area (TPSA) is 75.8 Å². The molecule has 134 valence electrons. The van der Waals surface area contributed by atoms with Crippen LogP contribution in [0.5, 0.6) is 0 Å². The van der Waals surface area contributed by atoms with E-state index in [2.05, 4.69) is 4.99 Å². The summed E-state index contributed by atoms with van der Waals surface area (Å²) in [5.41, 5.74) is 0.789. The molecule has 2 aromatic rings. The van der Waals surface area contributed by atoms with Crippen LogP contribution in [-0.4, -0.2) is 34.0 Å². The number of aliphatic imine (C=N–C) groups is 1. The summed E-state index contributed by atoms with van der Waals surface area (Å²) in [6.45, 7) is 0.866. The number of hydrogen-bond donors (Lipinski definition) is 0. The number of nitro groups is 1. The first-order valence-corrected chi connectivity index (χ1v) is 9.38. The van der Waals surface area contributed by atoms with Crippen LogP contribution in [0, 0.1) is 10.1 Å². The molecular formula is C17H13Cl2N3O3S. The summed E-state index contributed by atoms with van der Waals surface area (Å²) in [6.07, 6.45) is 0. The number of para-hydroxylation sites is 1. The lowest BCUT2D eigenvalue weighted by atomic mass is 10.1. The molecule has 3 rings (SSSR count). The van der Waals surface area contributed by atoms with E-state index in [-0.39, 0.29) is 11.3 Å². The smallest absolute Gasteiger partial charge is 0.282 e. The maximum absolute atomic E-state index is 12.8. The number of thioether (sulfide) groups is 1. The molecule has 0 saturated heterocycles. The molecule has 0 saturated carbocycles. The van der Waals surface area contributed by atoms with Crippen LogP contribution >= 0.6 is 35.0 Å². The van der Waals surface area contributed by atoms with E-state index in [0.29, 0.717) is 34.1 Å². The molecule has 0 unspecified atom stereocenters. The first-order chi connectivity index (χ1) is 12.5. The van der Waals surface area contributed by atoms with Gasteiger partial charge in [-0.2, -0.15) is 0 Å². The lowest BCUT2D eigenvalue weighted by Crippen LogP contribution is -2.33. The summed E-state index contributed by atoms with van der Waals surface area (Å²) in [7, 11) is 0. The second kappa shape index (κ2) is 8.07. The van der Waals surface area contributed by atoms with Crippen LogP contribution in [0.25, 0.3) is 0 Å². The van der Waals surface area contributed by atoms with Gasteiger partial charge in [0.25, 0.3) is 11.6 Å². The number of amidine groups is 1. The van der Waals surface area contributed by atoms with Crippen LogP contribution in [0.3, 0.4) is 0 Å². The monoisotopic (exact) mass is 409 g/mol. The molecule has 0 aliphatic carbocycles. The lowest BCUT2D eigenvalue weighted by Gasteiger charge is -2.18. The minimum Gasteiger partial charge on any atom is -0.285 e. The number of benzene rings is 2. The fourth-order valence-corrected chi connectivity index (χ4v) is 3.78. The summed E-state index contributed by atoms with van der Waals surface area (Å²) >= 11 is 13.3. The van der Waals surface area contributed by atoms with Crippen molar-refractivity contribution in [1.29, 1.82) is 0 Å². The SMILES string of the molecule is O=C(c1ccccc1[N+](=O)[O-])N1CCN=C1SCc1ccc(Cl)c(Cl)c1. The molecule has 0 atom stereocenters. The number of carbonyl (C=O) groups is 1. The van der Waals surface area contributed by atoms with Crippen LogP contribution in [0.4, 0.5) is 5.69 Å². The lowest BCUT2D eigenvalue weighted by molar-refractivity contribution is -0.385. The molecule has 0 bridgehead atoms. The molecule has 1 amide bonds. The van der Waals surface area contributed by atoms with E-state index in [1.807, 2.05) is 6.07 Å². The van der Waals surface area contributed by atoms with Gasteiger partial charge in [-0.15, -0.1) is 0 Å². The van der Waals surface area contributed by atoms with Crippen molar-refractivity contribution in [3.05, 3.63) is 73.8 Å². The average molecular weight is 410 g/mol. The number of nitrogens with zero attached hydrogens (tertiary/aromatic N) is 3. The number of nitro benzene ring substituents is 1. The number of halogens is 2. The van der Waals surface area contributed by atoms with Crippen molar-refractivity contribution in [3.63, 3.8) is 0 Å². The van der Waals surface area contributed by atoms with Crippen molar-refractivity contribution in [3.8, 4) is 0 Å².